The van der Waals surface area contributed by atoms with E-state index >= 15 is 0 Å². The van der Waals surface area contributed by atoms with Gasteiger partial charge in [-0.25, -0.2) is 0 Å². The standard InChI is InChI=1S/C14H23N3O.HI/c1-12(11-18-2)17-14(15)16-10-6-9-13-7-4-3-5-8-13;/h3-5,7-8,12H,6,9-11H2,1-2H3,(H3,15,16,17);1H. The summed E-state index contributed by atoms with van der Waals surface area (Å²) in [5.41, 5.74) is 7.11. The van der Waals surface area contributed by atoms with Crippen LogP contribution in [0.25, 0.3) is 0 Å². The summed E-state index contributed by atoms with van der Waals surface area (Å²) in [5, 5.41) is 3.08. The second-order valence-electron chi connectivity index (χ2n) is 4.36. The van der Waals surface area contributed by atoms with Crippen LogP contribution in [0, 0.1) is 0 Å². The van der Waals surface area contributed by atoms with E-state index in [4.69, 9.17) is 10.5 Å². The molecule has 0 saturated heterocycles. The number of nitrogens with zero attached hydrogens (tertiary/aromatic N) is 1. The van der Waals surface area contributed by atoms with Crippen molar-refractivity contribution in [3.63, 3.8) is 0 Å². The fourth-order valence-electron chi connectivity index (χ4n) is 1.72. The van der Waals surface area contributed by atoms with Crippen LogP contribution in [-0.2, 0) is 11.2 Å². The normalized spacial score (nSPS) is 12.6. The van der Waals surface area contributed by atoms with Crippen LogP contribution in [0.1, 0.15) is 18.9 Å². The highest BCUT2D eigenvalue weighted by molar-refractivity contribution is 14.0. The van der Waals surface area contributed by atoms with E-state index in [1.54, 1.807) is 7.11 Å². The number of hydrogen-bond acceptors (Lipinski definition) is 2. The summed E-state index contributed by atoms with van der Waals surface area (Å²) in [6.07, 6.45) is 2.04. The van der Waals surface area contributed by atoms with Gasteiger partial charge < -0.3 is 15.8 Å². The van der Waals surface area contributed by atoms with Crippen molar-refractivity contribution in [2.24, 2.45) is 10.7 Å². The Morgan fingerprint density at radius 2 is 2.05 bits per heavy atom. The van der Waals surface area contributed by atoms with Crippen LogP contribution in [0.15, 0.2) is 35.3 Å². The van der Waals surface area contributed by atoms with Crippen molar-refractivity contribution < 1.29 is 4.74 Å². The van der Waals surface area contributed by atoms with Gasteiger partial charge in [-0.05, 0) is 25.3 Å². The molecule has 1 aromatic carbocycles. The van der Waals surface area contributed by atoms with E-state index < -0.39 is 0 Å². The fourth-order valence-corrected chi connectivity index (χ4v) is 1.72. The quantitative estimate of drug-likeness (QED) is 0.332. The van der Waals surface area contributed by atoms with E-state index in [0.717, 1.165) is 19.4 Å². The number of halogens is 1. The number of ether oxygens (including phenoxy) is 1. The lowest BCUT2D eigenvalue weighted by Gasteiger charge is -2.12. The molecule has 0 radical (unpaired) electrons. The molecule has 0 amide bonds. The van der Waals surface area contributed by atoms with Crippen LogP contribution in [0.3, 0.4) is 0 Å². The van der Waals surface area contributed by atoms with Crippen LogP contribution in [-0.4, -0.2) is 32.3 Å². The van der Waals surface area contributed by atoms with Gasteiger partial charge in [0.1, 0.15) is 0 Å². The molecule has 5 heteroatoms. The van der Waals surface area contributed by atoms with Gasteiger partial charge in [-0.1, -0.05) is 30.3 Å². The average molecular weight is 377 g/mol. The third-order valence-corrected chi connectivity index (χ3v) is 2.56. The molecule has 1 atom stereocenters. The Hall–Kier alpha value is -0.820. The molecule has 0 aliphatic heterocycles. The molecule has 0 aromatic heterocycles. The molecule has 0 aliphatic carbocycles. The maximum absolute atomic E-state index is 5.77. The highest BCUT2D eigenvalue weighted by Crippen LogP contribution is 2.02. The summed E-state index contributed by atoms with van der Waals surface area (Å²) in [5.74, 6) is 0.493. The van der Waals surface area contributed by atoms with Crippen molar-refractivity contribution in [3.05, 3.63) is 35.9 Å². The lowest BCUT2D eigenvalue weighted by atomic mass is 10.1. The number of nitrogens with one attached hydrogen (secondary N) is 1. The lowest BCUT2D eigenvalue weighted by Crippen LogP contribution is -2.40. The molecule has 0 bridgehead atoms. The zero-order valence-corrected chi connectivity index (χ0v) is 14.0. The molecule has 0 spiro atoms. The van der Waals surface area contributed by atoms with E-state index in [1.807, 2.05) is 13.0 Å². The second kappa shape index (κ2) is 11.0. The van der Waals surface area contributed by atoms with Crippen LogP contribution < -0.4 is 11.1 Å². The van der Waals surface area contributed by atoms with E-state index in [2.05, 4.69) is 34.6 Å². The summed E-state index contributed by atoms with van der Waals surface area (Å²) in [6.45, 7) is 3.38. The molecule has 0 heterocycles. The van der Waals surface area contributed by atoms with Crippen molar-refractivity contribution in [2.75, 3.05) is 20.3 Å². The third kappa shape index (κ3) is 8.83. The molecule has 1 rings (SSSR count). The monoisotopic (exact) mass is 377 g/mol. The maximum Gasteiger partial charge on any atom is 0.188 e. The first kappa shape index (κ1) is 18.2. The first-order chi connectivity index (χ1) is 8.72. The summed E-state index contributed by atoms with van der Waals surface area (Å²) in [7, 11) is 1.67. The van der Waals surface area contributed by atoms with E-state index in [9.17, 15) is 0 Å². The molecule has 1 unspecified atom stereocenters. The van der Waals surface area contributed by atoms with Gasteiger partial charge in [-0.2, -0.15) is 0 Å². The van der Waals surface area contributed by atoms with E-state index in [1.165, 1.54) is 5.56 Å². The van der Waals surface area contributed by atoms with Crippen molar-refractivity contribution in [1.29, 1.82) is 0 Å². The molecule has 3 N–H and O–H groups in total. The van der Waals surface area contributed by atoms with Gasteiger partial charge in [0.05, 0.1) is 6.61 Å². The zero-order chi connectivity index (χ0) is 13.2. The van der Waals surface area contributed by atoms with Crippen LogP contribution >= 0.6 is 24.0 Å². The number of nitrogens with two attached hydrogens (primary N) is 1. The number of benzene rings is 1. The number of methoxy groups -OCH3 is 1. The highest BCUT2D eigenvalue weighted by Gasteiger charge is 2.00. The largest absolute Gasteiger partial charge is 0.383 e. The first-order valence-corrected chi connectivity index (χ1v) is 6.31. The number of aliphatic imine (C=N–C) groups is 1. The molecule has 0 fully saturated rings. The predicted molar refractivity (Wildman–Crippen MR) is 91.1 cm³/mol. The van der Waals surface area contributed by atoms with Gasteiger partial charge >= 0.3 is 0 Å². The van der Waals surface area contributed by atoms with E-state index in [0.29, 0.717) is 12.6 Å². The van der Waals surface area contributed by atoms with Gasteiger partial charge in [-0.3, -0.25) is 4.99 Å². The average Bonchev–Trinajstić information content (AvgIpc) is 2.36. The third-order valence-electron chi connectivity index (χ3n) is 2.56. The zero-order valence-electron chi connectivity index (χ0n) is 11.6. The molecule has 19 heavy (non-hydrogen) atoms. The Labute approximate surface area is 132 Å². The van der Waals surface area contributed by atoms with Crippen molar-refractivity contribution >= 4 is 29.9 Å². The highest BCUT2D eigenvalue weighted by atomic mass is 127. The minimum Gasteiger partial charge on any atom is -0.383 e. The molecule has 0 saturated carbocycles. The topological polar surface area (TPSA) is 59.6 Å². The van der Waals surface area contributed by atoms with Gasteiger partial charge in [0.15, 0.2) is 5.96 Å². The van der Waals surface area contributed by atoms with Crippen molar-refractivity contribution in [1.82, 2.24) is 5.32 Å². The molecule has 0 aliphatic rings. The summed E-state index contributed by atoms with van der Waals surface area (Å²) in [4.78, 5) is 4.29. The molecular formula is C14H24IN3O. The second-order valence-corrected chi connectivity index (χ2v) is 4.36. The Balaban J connectivity index is 0.00000324. The molecule has 1 aromatic rings. The number of guanidine groups is 1. The lowest BCUT2D eigenvalue weighted by molar-refractivity contribution is 0.179. The summed E-state index contributed by atoms with van der Waals surface area (Å²) in [6, 6.07) is 10.6. The van der Waals surface area contributed by atoms with Crippen molar-refractivity contribution in [2.45, 2.75) is 25.8 Å². The van der Waals surface area contributed by atoms with Crippen LogP contribution in [0.5, 0.6) is 0 Å². The van der Waals surface area contributed by atoms with Gasteiger partial charge in [0.2, 0.25) is 0 Å². The van der Waals surface area contributed by atoms with Crippen LogP contribution in [0.4, 0.5) is 0 Å². The minimum atomic E-state index is 0. The fraction of sp³-hybridized carbons (Fsp3) is 0.500. The number of rotatable bonds is 7. The van der Waals surface area contributed by atoms with Gasteiger partial charge in [0, 0.05) is 19.7 Å². The Bertz CT molecular complexity index is 357. The number of aryl methyl sites for hydroxylation is 1. The van der Waals surface area contributed by atoms with Crippen LogP contribution in [0.2, 0.25) is 0 Å². The van der Waals surface area contributed by atoms with Gasteiger partial charge in [-0.15, -0.1) is 24.0 Å². The summed E-state index contributed by atoms with van der Waals surface area (Å²) >= 11 is 0. The first-order valence-electron chi connectivity index (χ1n) is 6.31. The number of hydrogen-bond donors (Lipinski definition) is 2. The SMILES string of the molecule is COCC(C)NC(N)=NCCCc1ccccc1.I. The molecular weight excluding hydrogens is 353 g/mol. The smallest absolute Gasteiger partial charge is 0.188 e. The van der Waals surface area contributed by atoms with E-state index in [-0.39, 0.29) is 30.0 Å². The Morgan fingerprint density at radius 3 is 2.68 bits per heavy atom. The minimum absolute atomic E-state index is 0. The van der Waals surface area contributed by atoms with Crippen molar-refractivity contribution in [3.8, 4) is 0 Å². The molecule has 4 nitrogen and oxygen atoms in total. The molecule has 108 valence electrons. The Morgan fingerprint density at radius 1 is 1.37 bits per heavy atom. The van der Waals surface area contributed by atoms with Gasteiger partial charge in [0.25, 0.3) is 0 Å². The Kier molecular flexibility index (Phi) is 10.6. The maximum atomic E-state index is 5.77. The predicted octanol–water partition coefficient (Wildman–Crippen LogP) is 2.18. The summed E-state index contributed by atoms with van der Waals surface area (Å²) < 4.78 is 5.01.